The molecule has 1 aromatic carbocycles. The Morgan fingerprint density at radius 3 is 2.44 bits per heavy atom. The van der Waals surface area contributed by atoms with Crippen LogP contribution < -0.4 is 5.32 Å². The van der Waals surface area contributed by atoms with Gasteiger partial charge in [-0.2, -0.15) is 0 Å². The Morgan fingerprint density at radius 2 is 1.72 bits per heavy atom. The van der Waals surface area contributed by atoms with Crippen LogP contribution in [0, 0.1) is 5.92 Å². The second kappa shape index (κ2) is 10.00. The fraction of sp³-hybridized carbons (Fsp3) is 0.467. The number of amides is 1. The fourth-order valence-electron chi connectivity index (χ4n) is 5.23. The molecule has 1 N–H and O–H groups in total. The number of alkyl carbamates (subject to hydrolysis) is 1. The van der Waals surface area contributed by atoms with Crippen molar-refractivity contribution in [2.75, 3.05) is 0 Å². The smallest absolute Gasteiger partial charge is 0.407 e. The SMILES string of the molecule is CC(C)(C)OC(=O)NCc1ccc(C2CC2)c(C(=O)C2CCC(c3ccc4cccnc4c3)CC2)n1. The first-order valence-corrected chi connectivity index (χ1v) is 13.1. The average Bonchev–Trinajstić information content (AvgIpc) is 3.71. The van der Waals surface area contributed by atoms with Crippen LogP contribution in [0.25, 0.3) is 10.9 Å². The quantitative estimate of drug-likeness (QED) is 0.394. The summed E-state index contributed by atoms with van der Waals surface area (Å²) in [5, 5.41) is 3.92. The molecule has 2 aromatic heterocycles. The number of carbonyl (C=O) groups is 2. The molecule has 2 aliphatic rings. The maximum absolute atomic E-state index is 13.7. The minimum absolute atomic E-state index is 0.00102. The predicted molar refractivity (Wildman–Crippen MR) is 140 cm³/mol. The summed E-state index contributed by atoms with van der Waals surface area (Å²) in [6.07, 6.45) is 7.31. The van der Waals surface area contributed by atoms with E-state index >= 15 is 0 Å². The van der Waals surface area contributed by atoms with Gasteiger partial charge in [-0.05, 0) is 100 Å². The molecule has 36 heavy (non-hydrogen) atoms. The van der Waals surface area contributed by atoms with Crippen LogP contribution in [-0.2, 0) is 11.3 Å². The number of Topliss-reactive ketones (excluding diaryl/α,β-unsaturated/α-hetero) is 1. The van der Waals surface area contributed by atoms with E-state index in [0.717, 1.165) is 55.0 Å². The molecule has 2 heterocycles. The van der Waals surface area contributed by atoms with Gasteiger partial charge in [0.2, 0.25) is 0 Å². The zero-order valence-electron chi connectivity index (χ0n) is 21.4. The molecule has 6 nitrogen and oxygen atoms in total. The number of pyridine rings is 2. The molecule has 2 saturated carbocycles. The highest BCUT2D eigenvalue weighted by atomic mass is 16.6. The topological polar surface area (TPSA) is 81.2 Å². The standard InChI is InChI=1S/C30H35N3O3/c1-30(2,3)36-29(35)32-18-24-14-15-25(20-8-9-20)27(33-24)28(34)22-11-6-19(7-12-22)23-13-10-21-5-4-16-31-26(21)17-23/h4-5,10,13-17,19-20,22H,6-9,11-12,18H2,1-3H3,(H,32,35). The van der Waals surface area contributed by atoms with Gasteiger partial charge in [-0.1, -0.05) is 24.3 Å². The lowest BCUT2D eigenvalue weighted by molar-refractivity contribution is 0.0523. The zero-order valence-corrected chi connectivity index (χ0v) is 21.4. The van der Waals surface area contributed by atoms with Gasteiger partial charge in [0, 0.05) is 17.5 Å². The first kappa shape index (κ1) is 24.4. The van der Waals surface area contributed by atoms with Crippen LogP contribution in [0.15, 0.2) is 48.7 Å². The molecule has 3 aromatic rings. The number of nitrogens with zero attached hydrogens (tertiary/aromatic N) is 2. The summed E-state index contributed by atoms with van der Waals surface area (Å²) in [6, 6.07) is 14.6. The van der Waals surface area contributed by atoms with Gasteiger partial charge in [0.15, 0.2) is 5.78 Å². The molecule has 6 heteroatoms. The maximum Gasteiger partial charge on any atom is 0.407 e. The van der Waals surface area contributed by atoms with Crippen molar-refractivity contribution >= 4 is 22.8 Å². The first-order chi connectivity index (χ1) is 17.3. The summed E-state index contributed by atoms with van der Waals surface area (Å²) in [5.74, 6) is 1.06. The predicted octanol–water partition coefficient (Wildman–Crippen LogP) is 6.69. The number of hydrogen-bond donors (Lipinski definition) is 1. The lowest BCUT2D eigenvalue weighted by Crippen LogP contribution is -2.32. The highest BCUT2D eigenvalue weighted by Gasteiger charge is 2.34. The summed E-state index contributed by atoms with van der Waals surface area (Å²) in [4.78, 5) is 35.0. The molecular formula is C30H35N3O3. The monoisotopic (exact) mass is 485 g/mol. The number of fused-ring (bicyclic) bond motifs is 1. The zero-order chi connectivity index (χ0) is 25.3. The van der Waals surface area contributed by atoms with E-state index in [0.29, 0.717) is 23.2 Å². The fourth-order valence-corrected chi connectivity index (χ4v) is 5.23. The minimum Gasteiger partial charge on any atom is -0.444 e. The normalized spacial score (nSPS) is 20.2. The van der Waals surface area contributed by atoms with Crippen LogP contribution in [0.2, 0.25) is 0 Å². The van der Waals surface area contributed by atoms with Crippen molar-refractivity contribution in [1.82, 2.24) is 15.3 Å². The Hall–Kier alpha value is -3.28. The van der Waals surface area contributed by atoms with Gasteiger partial charge < -0.3 is 10.1 Å². The van der Waals surface area contributed by atoms with Crippen molar-refractivity contribution in [2.45, 2.75) is 83.3 Å². The van der Waals surface area contributed by atoms with Gasteiger partial charge in [-0.25, -0.2) is 9.78 Å². The van der Waals surface area contributed by atoms with Crippen LogP contribution in [0.1, 0.15) is 98.4 Å². The third-order valence-electron chi connectivity index (χ3n) is 7.25. The Kier molecular flexibility index (Phi) is 6.78. The van der Waals surface area contributed by atoms with Crippen LogP contribution >= 0.6 is 0 Å². The van der Waals surface area contributed by atoms with Gasteiger partial charge in [0.05, 0.1) is 17.8 Å². The van der Waals surface area contributed by atoms with E-state index in [-0.39, 0.29) is 18.2 Å². The van der Waals surface area contributed by atoms with Crippen molar-refractivity contribution < 1.29 is 14.3 Å². The van der Waals surface area contributed by atoms with Crippen molar-refractivity contribution in [3.63, 3.8) is 0 Å². The molecule has 1 amide bonds. The Bertz CT molecular complexity index is 1270. The number of ether oxygens (including phenoxy) is 1. The molecule has 0 spiro atoms. The van der Waals surface area contributed by atoms with E-state index in [1.165, 1.54) is 5.56 Å². The van der Waals surface area contributed by atoms with Gasteiger partial charge in [0.25, 0.3) is 0 Å². The lowest BCUT2D eigenvalue weighted by atomic mass is 9.76. The molecule has 0 unspecified atom stereocenters. The summed E-state index contributed by atoms with van der Waals surface area (Å²) in [5.41, 5.74) is 4.16. The molecule has 0 saturated heterocycles. The molecule has 5 rings (SSSR count). The van der Waals surface area contributed by atoms with E-state index in [4.69, 9.17) is 9.72 Å². The second-order valence-electron chi connectivity index (χ2n) is 11.2. The second-order valence-corrected chi connectivity index (χ2v) is 11.2. The van der Waals surface area contributed by atoms with Gasteiger partial charge >= 0.3 is 6.09 Å². The van der Waals surface area contributed by atoms with Crippen molar-refractivity contribution in [2.24, 2.45) is 5.92 Å². The lowest BCUT2D eigenvalue weighted by Gasteiger charge is -2.28. The van der Waals surface area contributed by atoms with Crippen molar-refractivity contribution in [1.29, 1.82) is 0 Å². The Morgan fingerprint density at radius 1 is 0.972 bits per heavy atom. The van der Waals surface area contributed by atoms with Crippen LogP contribution in [0.4, 0.5) is 4.79 Å². The molecule has 188 valence electrons. The van der Waals surface area contributed by atoms with E-state index in [1.54, 1.807) is 0 Å². The molecule has 0 bridgehead atoms. The molecular weight excluding hydrogens is 450 g/mol. The largest absolute Gasteiger partial charge is 0.444 e. The number of carbonyl (C=O) groups excluding carboxylic acids is 2. The van der Waals surface area contributed by atoms with Gasteiger partial charge in [0.1, 0.15) is 11.3 Å². The minimum atomic E-state index is -0.559. The van der Waals surface area contributed by atoms with Crippen LogP contribution in [0.3, 0.4) is 0 Å². The van der Waals surface area contributed by atoms with E-state index in [9.17, 15) is 9.59 Å². The third-order valence-corrected chi connectivity index (χ3v) is 7.25. The highest BCUT2D eigenvalue weighted by molar-refractivity contribution is 5.97. The number of ketones is 1. The van der Waals surface area contributed by atoms with Crippen molar-refractivity contribution in [3.8, 4) is 0 Å². The number of benzene rings is 1. The summed E-state index contributed by atoms with van der Waals surface area (Å²) in [6.45, 7) is 5.73. The van der Waals surface area contributed by atoms with E-state index in [1.807, 2.05) is 45.2 Å². The molecule has 0 aliphatic heterocycles. The van der Waals surface area contributed by atoms with Crippen molar-refractivity contribution in [3.05, 3.63) is 71.2 Å². The first-order valence-electron chi connectivity index (χ1n) is 13.1. The Balaban J connectivity index is 1.26. The summed E-state index contributed by atoms with van der Waals surface area (Å²) < 4.78 is 5.33. The number of nitrogens with one attached hydrogen (secondary N) is 1. The van der Waals surface area contributed by atoms with E-state index < -0.39 is 11.7 Å². The average molecular weight is 486 g/mol. The molecule has 0 radical (unpaired) electrons. The molecule has 0 atom stereocenters. The van der Waals surface area contributed by atoms with Gasteiger partial charge in [-0.15, -0.1) is 0 Å². The number of hydrogen-bond acceptors (Lipinski definition) is 5. The molecule has 2 aliphatic carbocycles. The summed E-state index contributed by atoms with van der Waals surface area (Å²) in [7, 11) is 0. The van der Waals surface area contributed by atoms with E-state index in [2.05, 4.69) is 34.6 Å². The Labute approximate surface area is 212 Å². The number of rotatable bonds is 6. The van der Waals surface area contributed by atoms with Crippen LogP contribution in [-0.4, -0.2) is 27.4 Å². The third kappa shape index (κ3) is 5.75. The van der Waals surface area contributed by atoms with Crippen LogP contribution in [0.5, 0.6) is 0 Å². The summed E-state index contributed by atoms with van der Waals surface area (Å²) >= 11 is 0. The maximum atomic E-state index is 13.7. The van der Waals surface area contributed by atoms with Gasteiger partial charge in [-0.3, -0.25) is 9.78 Å². The number of aromatic nitrogens is 2. The molecule has 2 fully saturated rings. The highest BCUT2D eigenvalue weighted by Crippen LogP contribution is 2.43.